The van der Waals surface area contributed by atoms with Gasteiger partial charge >= 0.3 is 0 Å². The zero-order valence-corrected chi connectivity index (χ0v) is 14.8. The molecule has 2 aromatic heterocycles. The topological polar surface area (TPSA) is 89.2 Å². The number of thioether (sulfide) groups is 1. The van der Waals surface area contributed by atoms with Crippen molar-refractivity contribution < 1.29 is 14.0 Å². The molecule has 3 heterocycles. The van der Waals surface area contributed by atoms with Gasteiger partial charge in [0.15, 0.2) is 0 Å². The number of nitrogens with zero attached hydrogens (tertiary/aromatic N) is 4. The molecule has 1 fully saturated rings. The summed E-state index contributed by atoms with van der Waals surface area (Å²) in [6.45, 7) is 0. The molecule has 1 aromatic carbocycles. The van der Waals surface area contributed by atoms with E-state index in [-0.39, 0.29) is 23.5 Å². The lowest BCUT2D eigenvalue weighted by molar-refractivity contribution is -0.121. The largest absolute Gasteiger partial charge is 0.411 e. The molecule has 0 N–H and O–H groups in total. The number of pyridine rings is 1. The van der Waals surface area contributed by atoms with Crippen LogP contribution in [0, 0.1) is 0 Å². The van der Waals surface area contributed by atoms with Crippen LogP contribution in [0.25, 0.3) is 11.5 Å². The SMILES string of the molecule is O=C1CC(Sc2nnc(-c3ccncc3)o2)C(=O)N1c1ccc(Cl)cc1. The number of carbonyl (C=O) groups excluding carboxylic acids is 2. The number of anilines is 1. The van der Waals surface area contributed by atoms with E-state index in [2.05, 4.69) is 15.2 Å². The van der Waals surface area contributed by atoms with E-state index in [0.29, 0.717) is 16.6 Å². The Labute approximate surface area is 157 Å². The van der Waals surface area contributed by atoms with Crippen molar-refractivity contribution in [2.45, 2.75) is 16.9 Å². The van der Waals surface area contributed by atoms with Crippen LogP contribution in [-0.2, 0) is 9.59 Å². The minimum Gasteiger partial charge on any atom is -0.411 e. The molecule has 0 radical (unpaired) electrons. The van der Waals surface area contributed by atoms with E-state index < -0.39 is 5.25 Å². The monoisotopic (exact) mass is 386 g/mol. The molecule has 9 heteroatoms. The van der Waals surface area contributed by atoms with Crippen molar-refractivity contribution in [3.63, 3.8) is 0 Å². The van der Waals surface area contributed by atoms with Gasteiger partial charge in [-0.25, -0.2) is 4.90 Å². The van der Waals surface area contributed by atoms with Gasteiger partial charge in [-0.15, -0.1) is 10.2 Å². The van der Waals surface area contributed by atoms with Crippen LogP contribution in [0.2, 0.25) is 5.02 Å². The first-order chi connectivity index (χ1) is 12.6. The molecule has 1 unspecified atom stereocenters. The van der Waals surface area contributed by atoms with Gasteiger partial charge in [0.05, 0.1) is 5.69 Å². The first kappa shape index (κ1) is 16.7. The summed E-state index contributed by atoms with van der Waals surface area (Å²) >= 11 is 6.94. The van der Waals surface area contributed by atoms with Crippen molar-refractivity contribution in [1.82, 2.24) is 15.2 Å². The standard InChI is InChI=1S/C17H11ClN4O3S/c18-11-1-3-12(4-2-11)22-14(23)9-13(16(22)24)26-17-21-20-15(25-17)10-5-7-19-8-6-10/h1-8,13H,9H2. The Kier molecular flexibility index (Phi) is 4.44. The van der Waals surface area contributed by atoms with Crippen LogP contribution in [0.15, 0.2) is 58.4 Å². The van der Waals surface area contributed by atoms with Gasteiger partial charge in [0.25, 0.3) is 5.22 Å². The molecule has 4 rings (SSSR count). The summed E-state index contributed by atoms with van der Waals surface area (Å²) in [5.74, 6) is -0.254. The third-order valence-electron chi connectivity index (χ3n) is 3.77. The Morgan fingerprint density at radius 2 is 1.81 bits per heavy atom. The molecule has 0 aliphatic carbocycles. The lowest BCUT2D eigenvalue weighted by atomic mass is 10.3. The van der Waals surface area contributed by atoms with E-state index in [9.17, 15) is 9.59 Å². The molecule has 1 aliphatic rings. The zero-order valence-electron chi connectivity index (χ0n) is 13.2. The van der Waals surface area contributed by atoms with Crippen molar-refractivity contribution in [3.8, 4) is 11.5 Å². The van der Waals surface area contributed by atoms with Gasteiger partial charge in [-0.2, -0.15) is 0 Å². The summed E-state index contributed by atoms with van der Waals surface area (Å²) in [4.78, 5) is 30.0. The van der Waals surface area contributed by atoms with E-state index in [1.807, 2.05) is 0 Å². The van der Waals surface area contributed by atoms with Crippen LogP contribution in [0.1, 0.15) is 6.42 Å². The van der Waals surface area contributed by atoms with Crippen molar-refractivity contribution in [3.05, 3.63) is 53.8 Å². The molecular formula is C17H11ClN4O3S. The molecule has 26 heavy (non-hydrogen) atoms. The van der Waals surface area contributed by atoms with Gasteiger partial charge in [-0.3, -0.25) is 14.6 Å². The maximum absolute atomic E-state index is 12.6. The lowest BCUT2D eigenvalue weighted by Gasteiger charge is -2.14. The van der Waals surface area contributed by atoms with Crippen molar-refractivity contribution >= 4 is 40.9 Å². The molecule has 0 saturated carbocycles. The van der Waals surface area contributed by atoms with E-state index >= 15 is 0 Å². The predicted octanol–water partition coefficient (Wildman–Crippen LogP) is 3.21. The Morgan fingerprint density at radius 1 is 1.08 bits per heavy atom. The fraction of sp³-hybridized carbons (Fsp3) is 0.118. The van der Waals surface area contributed by atoms with Crippen LogP contribution >= 0.6 is 23.4 Å². The minimum atomic E-state index is -0.607. The van der Waals surface area contributed by atoms with Gasteiger partial charge in [0.1, 0.15) is 5.25 Å². The maximum Gasteiger partial charge on any atom is 0.277 e. The van der Waals surface area contributed by atoms with E-state index in [1.165, 1.54) is 0 Å². The van der Waals surface area contributed by atoms with Gasteiger partial charge in [0, 0.05) is 29.4 Å². The average molecular weight is 387 g/mol. The zero-order chi connectivity index (χ0) is 18.1. The second-order valence-electron chi connectivity index (χ2n) is 5.46. The number of halogens is 1. The molecular weight excluding hydrogens is 376 g/mol. The quantitative estimate of drug-likeness (QED) is 0.636. The number of amides is 2. The molecule has 3 aromatic rings. The molecule has 1 atom stereocenters. The predicted molar refractivity (Wildman–Crippen MR) is 95.7 cm³/mol. The van der Waals surface area contributed by atoms with Crippen molar-refractivity contribution in [2.24, 2.45) is 0 Å². The van der Waals surface area contributed by atoms with Crippen LogP contribution in [0.3, 0.4) is 0 Å². The van der Waals surface area contributed by atoms with Gasteiger partial charge in [0.2, 0.25) is 17.7 Å². The van der Waals surface area contributed by atoms with Gasteiger partial charge < -0.3 is 4.42 Å². The second-order valence-corrected chi connectivity index (χ2v) is 7.05. The van der Waals surface area contributed by atoms with Crippen LogP contribution in [-0.4, -0.2) is 32.2 Å². The Morgan fingerprint density at radius 3 is 2.54 bits per heavy atom. The average Bonchev–Trinajstić information content (AvgIpc) is 3.22. The fourth-order valence-corrected chi connectivity index (χ4v) is 3.56. The number of hydrogen-bond donors (Lipinski definition) is 0. The second kappa shape index (κ2) is 6.89. The van der Waals surface area contributed by atoms with Gasteiger partial charge in [-0.1, -0.05) is 23.4 Å². The molecule has 0 spiro atoms. The number of imide groups is 1. The molecule has 0 bridgehead atoms. The third-order valence-corrected chi connectivity index (χ3v) is 5.04. The molecule has 130 valence electrons. The Bertz CT molecular complexity index is 962. The Hall–Kier alpha value is -2.71. The molecule has 1 aliphatic heterocycles. The van der Waals surface area contributed by atoms with Crippen LogP contribution in [0.5, 0.6) is 0 Å². The van der Waals surface area contributed by atoms with Gasteiger partial charge in [-0.05, 0) is 36.4 Å². The van der Waals surface area contributed by atoms with E-state index in [0.717, 1.165) is 22.2 Å². The number of aromatic nitrogens is 3. The first-order valence-corrected chi connectivity index (χ1v) is 8.90. The highest BCUT2D eigenvalue weighted by atomic mass is 35.5. The first-order valence-electron chi connectivity index (χ1n) is 7.65. The highest BCUT2D eigenvalue weighted by Crippen LogP contribution is 2.34. The summed E-state index contributed by atoms with van der Waals surface area (Å²) in [6.07, 6.45) is 3.31. The smallest absolute Gasteiger partial charge is 0.277 e. The summed E-state index contributed by atoms with van der Waals surface area (Å²) in [7, 11) is 0. The summed E-state index contributed by atoms with van der Waals surface area (Å²) in [5.41, 5.74) is 1.23. The third kappa shape index (κ3) is 3.21. The number of hydrogen-bond acceptors (Lipinski definition) is 7. The molecule has 1 saturated heterocycles. The van der Waals surface area contributed by atoms with E-state index in [1.54, 1.807) is 48.8 Å². The minimum absolute atomic E-state index is 0.0685. The summed E-state index contributed by atoms with van der Waals surface area (Å²) < 4.78 is 5.59. The molecule has 7 nitrogen and oxygen atoms in total. The van der Waals surface area contributed by atoms with E-state index in [4.69, 9.17) is 16.0 Å². The highest BCUT2D eigenvalue weighted by molar-refractivity contribution is 8.00. The molecule has 2 amide bonds. The maximum atomic E-state index is 12.6. The number of carbonyl (C=O) groups is 2. The summed E-state index contributed by atoms with van der Waals surface area (Å²) in [6, 6.07) is 10.0. The normalized spacial score (nSPS) is 17.1. The fourth-order valence-electron chi connectivity index (χ4n) is 2.55. The summed E-state index contributed by atoms with van der Waals surface area (Å²) in [5, 5.41) is 8.09. The number of benzene rings is 1. The lowest BCUT2D eigenvalue weighted by Crippen LogP contribution is -2.31. The van der Waals surface area contributed by atoms with Crippen molar-refractivity contribution in [2.75, 3.05) is 4.90 Å². The van der Waals surface area contributed by atoms with Crippen molar-refractivity contribution in [1.29, 1.82) is 0 Å². The van der Waals surface area contributed by atoms with Crippen LogP contribution in [0.4, 0.5) is 5.69 Å². The highest BCUT2D eigenvalue weighted by Gasteiger charge is 2.41. The number of rotatable bonds is 4. The van der Waals surface area contributed by atoms with Crippen LogP contribution < -0.4 is 4.90 Å². The Balaban J connectivity index is 1.51.